The molecule has 1 fully saturated rings. The third-order valence-corrected chi connectivity index (χ3v) is 4.59. The Kier molecular flexibility index (Phi) is 7.11. The second-order valence-corrected chi connectivity index (χ2v) is 7.59. The van der Waals surface area contributed by atoms with E-state index in [9.17, 15) is 9.59 Å². The van der Waals surface area contributed by atoms with E-state index in [0.29, 0.717) is 36.7 Å². The Bertz CT molecular complexity index is 637. The molecule has 0 spiro atoms. The molecule has 25 heavy (non-hydrogen) atoms. The van der Waals surface area contributed by atoms with Gasteiger partial charge in [0.25, 0.3) is 5.91 Å². The summed E-state index contributed by atoms with van der Waals surface area (Å²) in [6.45, 7) is 7.55. The van der Waals surface area contributed by atoms with Gasteiger partial charge >= 0.3 is 0 Å². The summed E-state index contributed by atoms with van der Waals surface area (Å²) < 4.78 is 5.49. The zero-order chi connectivity index (χ0) is 18.6. The quantitative estimate of drug-likeness (QED) is 0.843. The zero-order valence-corrected chi connectivity index (χ0v) is 16.2. The van der Waals surface area contributed by atoms with Crippen LogP contribution in [0.15, 0.2) is 18.2 Å². The minimum absolute atomic E-state index is 0.00110. The molecule has 0 radical (unpaired) electrons. The first kappa shape index (κ1) is 20.0. The molecule has 1 aromatic carbocycles. The number of amides is 2. The minimum atomic E-state index is -0.593. The van der Waals surface area contributed by atoms with Crippen molar-refractivity contribution in [3.63, 3.8) is 0 Å². The van der Waals surface area contributed by atoms with Crippen LogP contribution in [0.3, 0.4) is 0 Å². The minimum Gasteiger partial charge on any atom is -0.375 e. The lowest BCUT2D eigenvalue weighted by Gasteiger charge is -2.34. The van der Waals surface area contributed by atoms with Gasteiger partial charge in [0.1, 0.15) is 6.04 Å². The summed E-state index contributed by atoms with van der Waals surface area (Å²) in [4.78, 5) is 27.2. The number of carbonyl (C=O) groups is 2. The number of rotatable bonds is 5. The summed E-state index contributed by atoms with van der Waals surface area (Å²) in [5, 5.41) is 3.56. The molecule has 0 aliphatic carbocycles. The Hall–Kier alpha value is -1.30. The summed E-state index contributed by atoms with van der Waals surface area (Å²) in [6, 6.07) is 4.09. The van der Waals surface area contributed by atoms with Gasteiger partial charge in [-0.3, -0.25) is 9.59 Å². The molecular formula is C18H24Cl2N2O3. The maximum absolute atomic E-state index is 12.9. The third kappa shape index (κ3) is 5.59. The highest BCUT2D eigenvalue weighted by Gasteiger charge is 2.30. The topological polar surface area (TPSA) is 58.6 Å². The number of benzene rings is 1. The summed E-state index contributed by atoms with van der Waals surface area (Å²) in [6.07, 6.45) is 0.556. The summed E-state index contributed by atoms with van der Waals surface area (Å²) in [5.41, 5.74) is 0.308. The van der Waals surface area contributed by atoms with Crippen LogP contribution in [0.25, 0.3) is 0 Å². The smallest absolute Gasteiger partial charge is 0.253 e. The first-order valence-electron chi connectivity index (χ1n) is 8.44. The average molecular weight is 387 g/mol. The van der Waals surface area contributed by atoms with Gasteiger partial charge < -0.3 is 15.0 Å². The molecule has 2 amide bonds. The van der Waals surface area contributed by atoms with Crippen molar-refractivity contribution in [1.29, 1.82) is 0 Å². The maximum atomic E-state index is 12.9. The van der Waals surface area contributed by atoms with E-state index >= 15 is 0 Å². The molecule has 7 heteroatoms. The van der Waals surface area contributed by atoms with E-state index in [4.69, 9.17) is 27.9 Å². The summed E-state index contributed by atoms with van der Waals surface area (Å²) >= 11 is 12.0. The number of morpholine rings is 1. The van der Waals surface area contributed by atoms with Crippen molar-refractivity contribution >= 4 is 35.0 Å². The van der Waals surface area contributed by atoms with Crippen molar-refractivity contribution in [3.8, 4) is 0 Å². The molecule has 1 N–H and O–H groups in total. The lowest BCUT2D eigenvalue weighted by molar-refractivity contribution is -0.140. The van der Waals surface area contributed by atoms with E-state index < -0.39 is 6.04 Å². The molecule has 1 aliphatic rings. The summed E-state index contributed by atoms with van der Waals surface area (Å²) in [5.74, 6) is -0.197. The van der Waals surface area contributed by atoms with Gasteiger partial charge in [0.15, 0.2) is 0 Å². The van der Waals surface area contributed by atoms with E-state index in [1.54, 1.807) is 17.0 Å². The highest BCUT2D eigenvalue weighted by atomic mass is 35.5. The number of halogens is 2. The molecule has 0 unspecified atom stereocenters. The van der Waals surface area contributed by atoms with Crippen LogP contribution < -0.4 is 5.32 Å². The standard InChI is InChI=1S/C18H24Cl2N2O3/c1-11(2)8-16(18(24)22-6-7-25-12(3)10-22)21-17(23)14-5-4-13(19)9-15(14)20/h4-5,9,11-12,16H,6-8,10H2,1-3H3,(H,21,23)/t12-,16-/m0/s1. The van der Waals surface area contributed by atoms with Gasteiger partial charge in [-0.15, -0.1) is 0 Å². The average Bonchev–Trinajstić information content (AvgIpc) is 2.53. The van der Waals surface area contributed by atoms with Gasteiger partial charge in [0, 0.05) is 18.1 Å². The molecule has 2 rings (SSSR count). The predicted molar refractivity (Wildman–Crippen MR) is 99.2 cm³/mol. The first-order valence-corrected chi connectivity index (χ1v) is 9.19. The van der Waals surface area contributed by atoms with Gasteiger partial charge in [-0.1, -0.05) is 37.0 Å². The molecule has 0 bridgehead atoms. The van der Waals surface area contributed by atoms with Crippen LogP contribution in [0.4, 0.5) is 0 Å². The molecule has 138 valence electrons. The van der Waals surface area contributed by atoms with Crippen molar-refractivity contribution in [2.75, 3.05) is 19.7 Å². The fourth-order valence-corrected chi connectivity index (χ4v) is 3.34. The van der Waals surface area contributed by atoms with Gasteiger partial charge in [-0.05, 0) is 37.5 Å². The van der Waals surface area contributed by atoms with E-state index in [1.807, 2.05) is 20.8 Å². The Balaban J connectivity index is 2.13. The second kappa shape index (κ2) is 8.88. The van der Waals surface area contributed by atoms with Gasteiger partial charge in [0.2, 0.25) is 5.91 Å². The van der Waals surface area contributed by atoms with E-state index in [-0.39, 0.29) is 28.9 Å². The zero-order valence-electron chi connectivity index (χ0n) is 14.7. The van der Waals surface area contributed by atoms with Crippen LogP contribution in [-0.2, 0) is 9.53 Å². The van der Waals surface area contributed by atoms with Crippen molar-refractivity contribution < 1.29 is 14.3 Å². The largest absolute Gasteiger partial charge is 0.375 e. The Labute approximate surface area is 158 Å². The van der Waals surface area contributed by atoms with Gasteiger partial charge in [0.05, 0.1) is 23.3 Å². The highest BCUT2D eigenvalue weighted by Crippen LogP contribution is 2.21. The van der Waals surface area contributed by atoms with Crippen molar-refractivity contribution in [2.24, 2.45) is 5.92 Å². The van der Waals surface area contributed by atoms with E-state index in [2.05, 4.69) is 5.32 Å². The fraction of sp³-hybridized carbons (Fsp3) is 0.556. The third-order valence-electron chi connectivity index (χ3n) is 4.04. The number of nitrogens with zero attached hydrogens (tertiary/aromatic N) is 1. The molecule has 1 saturated heterocycles. The van der Waals surface area contributed by atoms with E-state index in [1.165, 1.54) is 6.07 Å². The predicted octanol–water partition coefficient (Wildman–Crippen LogP) is 3.39. The number of nitrogens with one attached hydrogen (secondary N) is 1. The first-order chi connectivity index (χ1) is 11.8. The van der Waals surface area contributed by atoms with Crippen LogP contribution in [0.2, 0.25) is 10.0 Å². The molecule has 5 nitrogen and oxygen atoms in total. The molecule has 0 saturated carbocycles. The molecule has 0 aromatic heterocycles. The molecular weight excluding hydrogens is 363 g/mol. The van der Waals surface area contributed by atoms with Gasteiger partial charge in [-0.2, -0.15) is 0 Å². The normalized spacial score (nSPS) is 19.0. The number of carbonyl (C=O) groups excluding carboxylic acids is 2. The van der Waals surface area contributed by atoms with Crippen LogP contribution >= 0.6 is 23.2 Å². The van der Waals surface area contributed by atoms with Crippen molar-refractivity contribution in [1.82, 2.24) is 10.2 Å². The summed E-state index contributed by atoms with van der Waals surface area (Å²) in [7, 11) is 0. The van der Waals surface area contributed by atoms with Crippen LogP contribution in [-0.4, -0.2) is 48.6 Å². The van der Waals surface area contributed by atoms with Crippen LogP contribution in [0.5, 0.6) is 0 Å². The van der Waals surface area contributed by atoms with E-state index in [0.717, 1.165) is 0 Å². The monoisotopic (exact) mass is 386 g/mol. The molecule has 1 aromatic rings. The number of hydrogen-bond acceptors (Lipinski definition) is 3. The SMILES string of the molecule is CC(C)C[C@H](NC(=O)c1ccc(Cl)cc1Cl)C(=O)N1CCO[C@@H](C)C1. The van der Waals surface area contributed by atoms with Crippen molar-refractivity contribution in [2.45, 2.75) is 39.3 Å². The van der Waals surface area contributed by atoms with Crippen LogP contribution in [0.1, 0.15) is 37.6 Å². The number of ether oxygens (including phenoxy) is 1. The fourth-order valence-electron chi connectivity index (χ4n) is 2.84. The maximum Gasteiger partial charge on any atom is 0.253 e. The molecule has 1 aliphatic heterocycles. The lowest BCUT2D eigenvalue weighted by atomic mass is 10.0. The molecule has 2 atom stereocenters. The molecule has 1 heterocycles. The van der Waals surface area contributed by atoms with Crippen molar-refractivity contribution in [3.05, 3.63) is 33.8 Å². The number of hydrogen-bond donors (Lipinski definition) is 1. The second-order valence-electron chi connectivity index (χ2n) is 6.75. The van der Waals surface area contributed by atoms with Gasteiger partial charge in [-0.25, -0.2) is 0 Å². The lowest BCUT2D eigenvalue weighted by Crippen LogP contribution is -2.53. The Morgan fingerprint density at radius 3 is 2.68 bits per heavy atom. The highest BCUT2D eigenvalue weighted by molar-refractivity contribution is 6.36. The Morgan fingerprint density at radius 1 is 1.36 bits per heavy atom. The Morgan fingerprint density at radius 2 is 2.08 bits per heavy atom. The van der Waals surface area contributed by atoms with Crippen LogP contribution in [0, 0.1) is 5.92 Å².